The third kappa shape index (κ3) is 3.71. The molecule has 5 heteroatoms. The standard InChI is InChI=1S/C27H33N3O2/c1-3-25-27(31,21-12-15-29(25)16-13-21)23-10-11-26(30-17-14-22(19-30)32-4-2)28-24(23)18-20-8-6-5-7-9-20/h1,5-11,21-22,25,31H,4,12-19H2,2H3. The topological polar surface area (TPSA) is 48.8 Å². The molecule has 4 aliphatic rings. The number of ether oxygens (including phenoxy) is 1. The molecule has 3 unspecified atom stereocenters. The summed E-state index contributed by atoms with van der Waals surface area (Å²) in [7, 11) is 0. The summed E-state index contributed by atoms with van der Waals surface area (Å²) in [6.07, 6.45) is 9.89. The van der Waals surface area contributed by atoms with Crippen LogP contribution in [0.1, 0.15) is 43.0 Å². The van der Waals surface area contributed by atoms with Crippen molar-refractivity contribution in [3.05, 3.63) is 59.3 Å². The maximum Gasteiger partial charge on any atom is 0.128 e. The van der Waals surface area contributed by atoms with Gasteiger partial charge < -0.3 is 14.7 Å². The molecule has 6 rings (SSSR count). The first-order valence-electron chi connectivity index (χ1n) is 12.0. The van der Waals surface area contributed by atoms with Crippen LogP contribution in [0, 0.1) is 18.3 Å². The molecule has 4 fully saturated rings. The first-order valence-corrected chi connectivity index (χ1v) is 12.0. The Balaban J connectivity index is 1.54. The second-order valence-electron chi connectivity index (χ2n) is 9.34. The van der Waals surface area contributed by atoms with Gasteiger partial charge in [0.1, 0.15) is 17.5 Å². The maximum absolute atomic E-state index is 12.2. The van der Waals surface area contributed by atoms with E-state index in [0.717, 1.165) is 69.1 Å². The van der Waals surface area contributed by atoms with Crippen LogP contribution in [0.15, 0.2) is 42.5 Å². The molecule has 2 bridgehead atoms. The molecule has 0 amide bonds. The summed E-state index contributed by atoms with van der Waals surface area (Å²) in [5.41, 5.74) is 1.97. The normalized spacial score (nSPS) is 31.6. The lowest BCUT2D eigenvalue weighted by molar-refractivity contribution is -0.143. The highest BCUT2D eigenvalue weighted by Gasteiger charge is 2.54. The molecule has 3 atom stereocenters. The van der Waals surface area contributed by atoms with Crippen LogP contribution in [0.2, 0.25) is 0 Å². The van der Waals surface area contributed by atoms with Crippen LogP contribution < -0.4 is 4.90 Å². The quantitative estimate of drug-likeness (QED) is 0.712. The van der Waals surface area contributed by atoms with Crippen molar-refractivity contribution in [2.24, 2.45) is 5.92 Å². The predicted octanol–water partition coefficient (Wildman–Crippen LogP) is 3.20. The van der Waals surface area contributed by atoms with Gasteiger partial charge in [0.2, 0.25) is 0 Å². The van der Waals surface area contributed by atoms with Crippen LogP contribution in [0.4, 0.5) is 5.82 Å². The number of aromatic nitrogens is 1. The molecule has 1 aromatic carbocycles. The average molecular weight is 432 g/mol. The Morgan fingerprint density at radius 3 is 2.62 bits per heavy atom. The van der Waals surface area contributed by atoms with E-state index in [1.165, 1.54) is 5.56 Å². The summed E-state index contributed by atoms with van der Waals surface area (Å²) in [5.74, 6) is 4.06. The summed E-state index contributed by atoms with van der Waals surface area (Å²) in [4.78, 5) is 9.72. The van der Waals surface area contributed by atoms with Crippen molar-refractivity contribution >= 4 is 5.82 Å². The lowest BCUT2D eigenvalue weighted by atomic mass is 9.66. The molecule has 0 aliphatic carbocycles. The molecule has 4 saturated heterocycles. The fourth-order valence-electron chi connectivity index (χ4n) is 5.96. The van der Waals surface area contributed by atoms with Gasteiger partial charge in [-0.15, -0.1) is 6.42 Å². The van der Waals surface area contributed by atoms with Gasteiger partial charge >= 0.3 is 0 Å². The first-order chi connectivity index (χ1) is 15.6. The molecule has 5 nitrogen and oxygen atoms in total. The number of hydrogen-bond acceptors (Lipinski definition) is 5. The van der Waals surface area contributed by atoms with Gasteiger partial charge in [0, 0.05) is 31.7 Å². The number of anilines is 1. The highest BCUT2D eigenvalue weighted by Crippen LogP contribution is 2.48. The molecular formula is C27H33N3O2. The van der Waals surface area contributed by atoms with Crippen molar-refractivity contribution in [2.45, 2.75) is 50.4 Å². The second kappa shape index (κ2) is 8.86. The number of fused-ring (bicyclic) bond motifs is 3. The number of pyridine rings is 1. The van der Waals surface area contributed by atoms with E-state index in [1.807, 2.05) is 13.0 Å². The number of hydrogen-bond donors (Lipinski definition) is 1. The van der Waals surface area contributed by atoms with Crippen LogP contribution in [-0.2, 0) is 16.8 Å². The highest BCUT2D eigenvalue weighted by molar-refractivity contribution is 5.47. The Hall–Kier alpha value is -2.39. The zero-order chi connectivity index (χ0) is 22.1. The summed E-state index contributed by atoms with van der Waals surface area (Å²) >= 11 is 0. The van der Waals surface area contributed by atoms with Gasteiger partial charge in [0.25, 0.3) is 0 Å². The van der Waals surface area contributed by atoms with E-state index in [4.69, 9.17) is 16.1 Å². The first kappa shape index (κ1) is 21.5. The van der Waals surface area contributed by atoms with E-state index in [-0.39, 0.29) is 18.1 Å². The SMILES string of the molecule is C#CC1N2CCC(CC2)C1(O)c1ccc(N2CCC(OCC)C2)nc1Cc1ccccc1. The molecule has 5 heterocycles. The molecule has 1 N–H and O–H groups in total. The monoisotopic (exact) mass is 431 g/mol. The lowest BCUT2D eigenvalue weighted by Gasteiger charge is -2.54. The molecular weight excluding hydrogens is 398 g/mol. The van der Waals surface area contributed by atoms with Crippen molar-refractivity contribution in [3.8, 4) is 12.3 Å². The zero-order valence-electron chi connectivity index (χ0n) is 18.9. The van der Waals surface area contributed by atoms with Gasteiger partial charge in [-0.25, -0.2) is 4.98 Å². The molecule has 32 heavy (non-hydrogen) atoms. The third-order valence-corrected chi connectivity index (χ3v) is 7.57. The number of nitrogens with zero attached hydrogens (tertiary/aromatic N) is 3. The van der Waals surface area contributed by atoms with Crippen molar-refractivity contribution in [1.82, 2.24) is 9.88 Å². The third-order valence-electron chi connectivity index (χ3n) is 7.57. The van der Waals surface area contributed by atoms with Gasteiger partial charge in [-0.1, -0.05) is 42.3 Å². The van der Waals surface area contributed by atoms with Crippen molar-refractivity contribution < 1.29 is 9.84 Å². The number of aliphatic hydroxyl groups is 1. The largest absolute Gasteiger partial charge is 0.382 e. The van der Waals surface area contributed by atoms with E-state index in [0.29, 0.717) is 6.42 Å². The summed E-state index contributed by atoms with van der Waals surface area (Å²) in [6.45, 7) is 6.52. The lowest BCUT2D eigenvalue weighted by Crippen LogP contribution is -2.63. The fraction of sp³-hybridized carbons (Fsp3) is 0.519. The number of rotatable bonds is 6. The smallest absolute Gasteiger partial charge is 0.128 e. The van der Waals surface area contributed by atoms with Crippen molar-refractivity contribution in [2.75, 3.05) is 37.7 Å². The van der Waals surface area contributed by atoms with Crippen LogP contribution in [0.3, 0.4) is 0 Å². The van der Waals surface area contributed by atoms with E-state index in [1.54, 1.807) is 0 Å². The minimum Gasteiger partial charge on any atom is -0.382 e. The molecule has 0 spiro atoms. The van der Waals surface area contributed by atoms with Gasteiger partial charge in [-0.2, -0.15) is 0 Å². The van der Waals surface area contributed by atoms with Crippen LogP contribution >= 0.6 is 0 Å². The highest BCUT2D eigenvalue weighted by atomic mass is 16.5. The minimum absolute atomic E-state index is 0.171. The molecule has 2 aromatic rings. The maximum atomic E-state index is 12.2. The average Bonchev–Trinajstić information content (AvgIpc) is 3.29. The fourth-order valence-corrected chi connectivity index (χ4v) is 5.96. The predicted molar refractivity (Wildman–Crippen MR) is 127 cm³/mol. The molecule has 0 saturated carbocycles. The summed E-state index contributed by atoms with van der Waals surface area (Å²) in [5, 5.41) is 12.2. The second-order valence-corrected chi connectivity index (χ2v) is 9.34. The van der Waals surface area contributed by atoms with E-state index in [2.05, 4.69) is 52.1 Å². The van der Waals surface area contributed by atoms with Crippen molar-refractivity contribution in [1.29, 1.82) is 0 Å². The molecule has 4 aliphatic heterocycles. The van der Waals surface area contributed by atoms with Crippen LogP contribution in [-0.4, -0.2) is 59.9 Å². The summed E-state index contributed by atoms with van der Waals surface area (Å²) < 4.78 is 5.84. The Kier molecular flexibility index (Phi) is 5.94. The van der Waals surface area contributed by atoms with Gasteiger partial charge in [-0.05, 0) is 56.8 Å². The van der Waals surface area contributed by atoms with Crippen LogP contribution in [0.25, 0.3) is 0 Å². The van der Waals surface area contributed by atoms with Gasteiger partial charge in [0.15, 0.2) is 0 Å². The Bertz CT molecular complexity index is 980. The molecule has 168 valence electrons. The van der Waals surface area contributed by atoms with Gasteiger partial charge in [-0.3, -0.25) is 4.90 Å². The van der Waals surface area contributed by atoms with E-state index >= 15 is 0 Å². The summed E-state index contributed by atoms with van der Waals surface area (Å²) in [6, 6.07) is 14.3. The number of piperidine rings is 3. The van der Waals surface area contributed by atoms with Crippen molar-refractivity contribution in [3.63, 3.8) is 0 Å². The Morgan fingerprint density at radius 1 is 1.12 bits per heavy atom. The van der Waals surface area contributed by atoms with Crippen LogP contribution in [0.5, 0.6) is 0 Å². The number of terminal acetylenes is 1. The number of benzene rings is 1. The molecule has 0 radical (unpaired) electrons. The van der Waals surface area contributed by atoms with Gasteiger partial charge in [0.05, 0.1) is 11.8 Å². The Morgan fingerprint density at radius 2 is 1.91 bits per heavy atom. The van der Waals surface area contributed by atoms with E-state index < -0.39 is 5.60 Å². The molecule has 1 aromatic heterocycles. The Labute approximate surface area is 191 Å². The minimum atomic E-state index is -1.06. The van der Waals surface area contributed by atoms with E-state index in [9.17, 15) is 5.11 Å². The zero-order valence-corrected chi connectivity index (χ0v) is 18.9.